The van der Waals surface area contributed by atoms with Gasteiger partial charge in [-0.3, -0.25) is 9.59 Å². The molecule has 4 rings (SSSR count). The molecule has 4 aliphatic carbocycles. The zero-order chi connectivity index (χ0) is 37.9. The molecule has 0 aromatic carbocycles. The molecule has 0 aliphatic heterocycles. The highest BCUT2D eigenvalue weighted by molar-refractivity contribution is 6.74. The molecule has 5 nitrogen and oxygen atoms in total. The summed E-state index contributed by atoms with van der Waals surface area (Å²) in [5, 5.41) is 0.269. The molecule has 0 spiro atoms. The average molecular weight is 724 g/mol. The fourth-order valence-corrected chi connectivity index (χ4v) is 11.6. The van der Waals surface area contributed by atoms with Gasteiger partial charge in [0.25, 0.3) is 0 Å². The Kier molecular flexibility index (Phi) is 11.6. The first-order valence-corrected chi connectivity index (χ1v) is 25.4. The van der Waals surface area contributed by atoms with Crippen LogP contribution in [0.2, 0.25) is 36.3 Å². The minimum absolute atomic E-state index is 0.0146. The van der Waals surface area contributed by atoms with Crippen LogP contribution in [0, 0.1) is 28.1 Å². The average Bonchev–Trinajstić information content (AvgIpc) is 3.70. The Labute approximate surface area is 309 Å². The lowest BCUT2D eigenvalue weighted by Crippen LogP contribution is -2.49. The molecule has 4 unspecified atom stereocenters. The molecule has 0 radical (unpaired) electrons. The topological polar surface area (TPSA) is 55.8 Å². The molecule has 7 heteroatoms. The molecule has 4 saturated carbocycles. The quantitative estimate of drug-likeness (QED) is 0.128. The van der Waals surface area contributed by atoms with Crippen LogP contribution in [0.3, 0.4) is 0 Å². The molecule has 0 aromatic rings. The van der Waals surface area contributed by atoms with Crippen molar-refractivity contribution in [2.45, 2.75) is 169 Å². The van der Waals surface area contributed by atoms with Crippen molar-refractivity contribution < 1.29 is 18.4 Å². The number of hydrogen-bond donors (Lipinski definition) is 0. The van der Waals surface area contributed by atoms with Gasteiger partial charge in [0.1, 0.15) is 5.41 Å². The van der Waals surface area contributed by atoms with Crippen molar-refractivity contribution in [1.82, 2.24) is 4.90 Å². The van der Waals surface area contributed by atoms with Crippen LogP contribution in [-0.2, 0) is 18.4 Å². The molecule has 0 heterocycles. The predicted molar refractivity (Wildman–Crippen MR) is 215 cm³/mol. The van der Waals surface area contributed by atoms with Crippen molar-refractivity contribution in [2.75, 3.05) is 14.1 Å². The molecule has 4 fully saturated rings. The summed E-state index contributed by atoms with van der Waals surface area (Å²) >= 11 is 0. The molecular formula is C43H73NO4Si2. The van der Waals surface area contributed by atoms with Gasteiger partial charge in [-0.1, -0.05) is 92.7 Å². The lowest BCUT2D eigenvalue weighted by Gasteiger charge is -2.47. The van der Waals surface area contributed by atoms with E-state index in [-0.39, 0.29) is 44.8 Å². The van der Waals surface area contributed by atoms with Crippen LogP contribution in [0.4, 0.5) is 0 Å². The minimum Gasteiger partial charge on any atom is -0.413 e. The first kappa shape index (κ1) is 41.2. The van der Waals surface area contributed by atoms with E-state index in [1.165, 1.54) is 24.8 Å². The Balaban J connectivity index is 1.59. The summed E-state index contributed by atoms with van der Waals surface area (Å²) in [7, 11) is -0.493. The van der Waals surface area contributed by atoms with Crippen LogP contribution >= 0.6 is 0 Å². The Bertz CT molecular complexity index is 1410. The number of nitrogens with zero attached hydrogens (tertiary/aromatic N) is 1. The van der Waals surface area contributed by atoms with Crippen LogP contribution in [0.25, 0.3) is 0 Å². The van der Waals surface area contributed by atoms with Crippen molar-refractivity contribution >= 4 is 28.3 Å². The summed E-state index contributed by atoms with van der Waals surface area (Å²) in [6.45, 7) is 35.2. The molecule has 5 atom stereocenters. The van der Waals surface area contributed by atoms with Crippen LogP contribution in [-0.4, -0.2) is 59.5 Å². The molecule has 0 N–H and O–H groups in total. The minimum atomic E-state index is -2.02. The van der Waals surface area contributed by atoms with E-state index >= 15 is 0 Å². The normalized spacial score (nSPS) is 31.0. The zero-order valence-electron chi connectivity index (χ0n) is 34.8. The smallest absolute Gasteiger partial charge is 0.236 e. The number of carbonyl (C=O) groups is 2. The van der Waals surface area contributed by atoms with Crippen LogP contribution in [0.1, 0.15) is 120 Å². The monoisotopic (exact) mass is 724 g/mol. The van der Waals surface area contributed by atoms with Crippen LogP contribution in [0.15, 0.2) is 47.6 Å². The molecule has 50 heavy (non-hydrogen) atoms. The van der Waals surface area contributed by atoms with Gasteiger partial charge in [-0.05, 0) is 128 Å². The number of carbonyl (C=O) groups excluding carboxylic acids is 2. The number of allylic oxidation sites excluding steroid dienone is 5. The van der Waals surface area contributed by atoms with Crippen molar-refractivity contribution in [1.29, 1.82) is 0 Å². The summed E-state index contributed by atoms with van der Waals surface area (Å²) in [6.07, 6.45) is 17.8. The van der Waals surface area contributed by atoms with E-state index < -0.39 is 22.0 Å². The number of fused-ring (bicyclic) bond motifs is 1. The molecule has 0 bridgehead atoms. The van der Waals surface area contributed by atoms with Crippen molar-refractivity contribution in [3.63, 3.8) is 0 Å². The highest BCUT2D eigenvalue weighted by Gasteiger charge is 2.57. The van der Waals surface area contributed by atoms with Crippen molar-refractivity contribution in [3.05, 3.63) is 47.6 Å². The number of amides is 1. The Morgan fingerprint density at radius 1 is 0.880 bits per heavy atom. The van der Waals surface area contributed by atoms with E-state index in [0.717, 1.165) is 31.3 Å². The van der Waals surface area contributed by atoms with E-state index in [1.807, 2.05) is 0 Å². The fourth-order valence-electron chi connectivity index (χ4n) is 8.91. The van der Waals surface area contributed by atoms with Crippen molar-refractivity contribution in [3.8, 4) is 0 Å². The van der Waals surface area contributed by atoms with Gasteiger partial charge in [-0.2, -0.15) is 0 Å². The van der Waals surface area contributed by atoms with Gasteiger partial charge < -0.3 is 13.8 Å². The number of rotatable bonds is 10. The van der Waals surface area contributed by atoms with Gasteiger partial charge in [-0.15, -0.1) is 0 Å². The third kappa shape index (κ3) is 8.16. The van der Waals surface area contributed by atoms with Crippen LogP contribution in [0.5, 0.6) is 0 Å². The number of hydrogen-bond acceptors (Lipinski definition) is 4. The molecule has 282 valence electrons. The zero-order valence-corrected chi connectivity index (χ0v) is 36.8. The lowest BCUT2D eigenvalue weighted by atomic mass is 9.57. The molecule has 0 aromatic heterocycles. The summed E-state index contributed by atoms with van der Waals surface area (Å²) in [4.78, 5) is 27.7. The molecule has 4 aliphatic rings. The Morgan fingerprint density at radius 2 is 1.46 bits per heavy atom. The predicted octanol–water partition coefficient (Wildman–Crippen LogP) is 11.2. The Hall–Kier alpha value is -1.55. The number of ketones is 1. The third-order valence-corrected chi connectivity index (χ3v) is 23.3. The molecule has 1 amide bonds. The van der Waals surface area contributed by atoms with E-state index in [2.05, 4.69) is 113 Å². The van der Waals surface area contributed by atoms with Crippen LogP contribution < -0.4 is 0 Å². The first-order valence-electron chi connectivity index (χ1n) is 19.6. The van der Waals surface area contributed by atoms with Crippen molar-refractivity contribution in [2.24, 2.45) is 28.1 Å². The standard InChI is InChI=1S/C43H73NO4Si2/c1-30-32(28-33(47-49(13,14)39(2,3)4)29-35(30)48-50(15,16)40(5,6)7)20-19-31-18-17-24-42(10)34(31)21-22-36(42)41(8,9)25-23-37(45)43(26-27-43)38(46)44(11)12/h19-20,23,25,33-36H,1,17-18,21-22,24,26-29H2,2-16H3/b25-23+,31-19+,32-20-/t33?,34?,35?,36?,42-/m0/s1. The van der Waals surface area contributed by atoms with Gasteiger partial charge >= 0.3 is 0 Å². The largest absolute Gasteiger partial charge is 0.413 e. The highest BCUT2D eigenvalue weighted by atomic mass is 28.4. The lowest BCUT2D eigenvalue weighted by molar-refractivity contribution is -0.139. The summed E-state index contributed by atoms with van der Waals surface area (Å²) < 4.78 is 14.2. The van der Waals surface area contributed by atoms with Gasteiger partial charge in [-0.25, -0.2) is 0 Å². The maximum absolute atomic E-state index is 13.3. The summed E-state index contributed by atoms with van der Waals surface area (Å²) in [5.41, 5.74) is 3.21. The first-order chi connectivity index (χ1) is 22.7. The SMILES string of the molecule is C=C1/C(=C\C=C2/CCC[C@@]3(C)C2CCC3C(C)(C)/C=C/C(=O)C2(C(=O)N(C)C)CC2)CC(O[Si](C)(C)C(C)(C)C)CC1O[Si](C)(C)C(C)(C)C. The molecule has 0 saturated heterocycles. The van der Waals surface area contributed by atoms with E-state index in [4.69, 9.17) is 8.85 Å². The van der Waals surface area contributed by atoms with Gasteiger partial charge in [0.2, 0.25) is 5.91 Å². The Morgan fingerprint density at radius 3 is 2.00 bits per heavy atom. The van der Waals surface area contributed by atoms with Gasteiger partial charge in [0.05, 0.1) is 12.2 Å². The second-order valence-corrected chi connectivity index (χ2v) is 30.1. The van der Waals surface area contributed by atoms with Gasteiger partial charge in [0.15, 0.2) is 22.4 Å². The molecular weight excluding hydrogens is 651 g/mol. The second kappa shape index (κ2) is 14.0. The van der Waals surface area contributed by atoms with E-state index in [0.29, 0.717) is 24.7 Å². The maximum atomic E-state index is 13.3. The maximum Gasteiger partial charge on any atom is 0.236 e. The van der Waals surface area contributed by atoms with E-state index in [9.17, 15) is 9.59 Å². The summed E-state index contributed by atoms with van der Waals surface area (Å²) in [6, 6.07) is 0. The third-order valence-electron chi connectivity index (χ3n) is 14.3. The second-order valence-electron chi connectivity index (χ2n) is 20.6. The highest BCUT2D eigenvalue weighted by Crippen LogP contribution is 2.62. The van der Waals surface area contributed by atoms with E-state index in [1.54, 1.807) is 30.6 Å². The summed E-state index contributed by atoms with van der Waals surface area (Å²) in [5.74, 6) is 0.932. The fraction of sp³-hybridized carbons (Fsp3) is 0.767. The van der Waals surface area contributed by atoms with Gasteiger partial charge in [0, 0.05) is 20.5 Å².